The van der Waals surface area contributed by atoms with E-state index in [1.165, 1.54) is 18.2 Å². The lowest BCUT2D eigenvalue weighted by Gasteiger charge is -2.18. The van der Waals surface area contributed by atoms with Gasteiger partial charge in [-0.3, -0.25) is 9.59 Å². The highest BCUT2D eigenvalue weighted by molar-refractivity contribution is 7.89. The second kappa shape index (κ2) is 22.0. The molecule has 0 aliphatic heterocycles. The third kappa shape index (κ3) is 16.1. The molecule has 2 aromatic carbocycles. The Bertz CT molecular complexity index is 1710. The molecular weight excluding hydrogens is 725 g/mol. The Hall–Kier alpha value is -4.33. The normalized spacial score (nSPS) is 12.3. The first kappa shape index (κ1) is 43.1. The number of nitrogens with one attached hydrogen (secondary N) is 3. The van der Waals surface area contributed by atoms with Gasteiger partial charge in [-0.25, -0.2) is 13.4 Å². The molecule has 1 amide bonds. The van der Waals surface area contributed by atoms with E-state index >= 15 is 0 Å². The number of ether oxygens (including phenoxy) is 5. The van der Waals surface area contributed by atoms with Gasteiger partial charge in [0.2, 0.25) is 15.9 Å². The number of benzene rings is 2. The van der Waals surface area contributed by atoms with Crippen LogP contribution in [0, 0.1) is 6.92 Å². The zero-order valence-electron chi connectivity index (χ0n) is 29.4. The fourth-order valence-corrected chi connectivity index (χ4v) is 5.86. The summed E-state index contributed by atoms with van der Waals surface area (Å²) in [4.78, 5) is 28.4. The number of pyridine rings is 1. The number of halogens is 3. The molecule has 1 heterocycles. The van der Waals surface area contributed by atoms with Crippen LogP contribution in [0.4, 0.5) is 24.7 Å². The predicted molar refractivity (Wildman–Crippen MR) is 188 cm³/mol. The van der Waals surface area contributed by atoms with Crippen LogP contribution in [0.5, 0.6) is 5.75 Å². The number of aromatic nitrogens is 1. The van der Waals surface area contributed by atoms with E-state index in [9.17, 15) is 36.3 Å². The van der Waals surface area contributed by atoms with Crippen LogP contribution in [-0.2, 0) is 51.2 Å². The van der Waals surface area contributed by atoms with Gasteiger partial charge in [0, 0.05) is 19.9 Å². The molecule has 0 saturated heterocycles. The lowest BCUT2D eigenvalue weighted by atomic mass is 10.1. The molecule has 4 N–H and O–H groups in total. The Morgan fingerprint density at radius 3 is 2.30 bits per heavy atom. The molecule has 0 bridgehead atoms. The maximum absolute atomic E-state index is 13.2. The van der Waals surface area contributed by atoms with E-state index < -0.39 is 51.0 Å². The van der Waals surface area contributed by atoms with E-state index in [1.54, 1.807) is 13.3 Å². The van der Waals surface area contributed by atoms with E-state index in [0.717, 1.165) is 29.9 Å². The number of carboxylic acid groups (broad SMARTS) is 1. The molecule has 0 fully saturated rings. The van der Waals surface area contributed by atoms with E-state index in [2.05, 4.69) is 15.6 Å². The molecule has 0 spiro atoms. The lowest BCUT2D eigenvalue weighted by Crippen LogP contribution is -2.42. The highest BCUT2D eigenvalue weighted by Gasteiger charge is 2.33. The number of amides is 1. The molecule has 3 aromatic rings. The zero-order valence-corrected chi connectivity index (χ0v) is 30.3. The number of carboxylic acids is 1. The van der Waals surface area contributed by atoms with Gasteiger partial charge in [-0.2, -0.15) is 17.9 Å². The highest BCUT2D eigenvalue weighted by Crippen LogP contribution is 2.31. The number of methoxy groups -OCH3 is 1. The zero-order chi connectivity index (χ0) is 38.7. The standard InChI is InChI=1S/C35H45F3N4O10S/c1-25-10-12-40-32(20-25)39-11-3-4-13-52-31-9-8-26(21-29(31)41-33(43)24-51-19-18-50-17-16-49-15-14-48-2)22-30(34(44)45)42-53(46,47)28-7-5-6-27(23-28)35(36,37)38/h5-10,12,20-21,23,30,42H,3-4,11,13-19,22,24H2,1-2H3,(H,39,40)(H,41,43)(H,44,45)/t30-/m0/s1. The Kier molecular flexibility index (Phi) is 17.9. The first-order valence-corrected chi connectivity index (χ1v) is 18.1. The lowest BCUT2D eigenvalue weighted by molar-refractivity contribution is -0.139. The van der Waals surface area contributed by atoms with Crippen LogP contribution in [0.1, 0.15) is 29.5 Å². The minimum atomic E-state index is -4.81. The van der Waals surface area contributed by atoms with Crippen molar-refractivity contribution < 1.29 is 60.0 Å². The van der Waals surface area contributed by atoms with E-state index in [-0.39, 0.29) is 43.4 Å². The number of hydrogen-bond acceptors (Lipinski definition) is 11. The molecule has 292 valence electrons. The number of anilines is 2. The highest BCUT2D eigenvalue weighted by atomic mass is 32.2. The number of hydrogen-bond donors (Lipinski definition) is 4. The van der Waals surface area contributed by atoms with Crippen LogP contribution in [0.2, 0.25) is 0 Å². The van der Waals surface area contributed by atoms with Crippen molar-refractivity contribution >= 4 is 33.4 Å². The van der Waals surface area contributed by atoms with Crippen LogP contribution in [-0.4, -0.2) is 103 Å². The second-order valence-electron chi connectivity index (χ2n) is 11.6. The van der Waals surface area contributed by atoms with Gasteiger partial charge < -0.3 is 39.4 Å². The fraction of sp³-hybridized carbons (Fsp3) is 0.457. The van der Waals surface area contributed by atoms with E-state index in [0.29, 0.717) is 51.5 Å². The van der Waals surface area contributed by atoms with E-state index in [4.69, 9.17) is 23.7 Å². The number of carbonyl (C=O) groups excluding carboxylic acids is 1. The Balaban J connectivity index is 1.64. The van der Waals surface area contributed by atoms with Crippen molar-refractivity contribution in [3.8, 4) is 5.75 Å². The van der Waals surface area contributed by atoms with E-state index in [1.807, 2.05) is 23.8 Å². The summed E-state index contributed by atoms with van der Waals surface area (Å²) < 4.78 is 94.4. The largest absolute Gasteiger partial charge is 0.491 e. The summed E-state index contributed by atoms with van der Waals surface area (Å²) in [5.74, 6) is -1.10. The van der Waals surface area contributed by atoms with Crippen molar-refractivity contribution in [2.45, 2.75) is 43.3 Å². The molecule has 14 nitrogen and oxygen atoms in total. The summed E-state index contributed by atoms with van der Waals surface area (Å²) in [7, 11) is -3.11. The number of rotatable bonds is 25. The summed E-state index contributed by atoms with van der Waals surface area (Å²) in [5, 5.41) is 15.8. The predicted octanol–water partition coefficient (Wildman–Crippen LogP) is 4.29. The van der Waals surface area contributed by atoms with Crippen molar-refractivity contribution in [2.75, 3.05) is 77.1 Å². The van der Waals surface area contributed by atoms with Crippen molar-refractivity contribution in [2.24, 2.45) is 0 Å². The third-order valence-corrected chi connectivity index (χ3v) is 8.75. The Morgan fingerprint density at radius 1 is 0.906 bits per heavy atom. The quantitative estimate of drug-likeness (QED) is 0.0899. The molecule has 53 heavy (non-hydrogen) atoms. The minimum Gasteiger partial charge on any atom is -0.491 e. The smallest absolute Gasteiger partial charge is 0.416 e. The van der Waals surface area contributed by atoms with Crippen LogP contribution >= 0.6 is 0 Å². The van der Waals surface area contributed by atoms with Gasteiger partial charge in [-0.15, -0.1) is 0 Å². The van der Waals surface area contributed by atoms with Crippen LogP contribution in [0.3, 0.4) is 0 Å². The number of aryl methyl sites for hydroxylation is 1. The first-order valence-electron chi connectivity index (χ1n) is 16.6. The monoisotopic (exact) mass is 770 g/mol. The molecule has 1 aromatic heterocycles. The number of unbranched alkanes of at least 4 members (excludes halogenated alkanes) is 1. The van der Waals surface area contributed by atoms with Crippen molar-refractivity contribution in [3.63, 3.8) is 0 Å². The Morgan fingerprint density at radius 2 is 1.62 bits per heavy atom. The second-order valence-corrected chi connectivity index (χ2v) is 13.3. The van der Waals surface area contributed by atoms with Gasteiger partial charge >= 0.3 is 12.1 Å². The van der Waals surface area contributed by atoms with Gasteiger partial charge in [0.05, 0.1) is 62.4 Å². The molecule has 0 aliphatic carbocycles. The Labute approximate surface area is 306 Å². The van der Waals surface area contributed by atoms with Crippen LogP contribution in [0.15, 0.2) is 65.7 Å². The molecule has 3 rings (SSSR count). The molecule has 0 aliphatic rings. The average molecular weight is 771 g/mol. The molecule has 0 saturated carbocycles. The van der Waals surface area contributed by atoms with Crippen molar-refractivity contribution in [1.82, 2.24) is 9.71 Å². The summed E-state index contributed by atoms with van der Waals surface area (Å²) in [6.07, 6.45) is -2.15. The summed E-state index contributed by atoms with van der Waals surface area (Å²) in [6.45, 7) is 4.48. The third-order valence-electron chi connectivity index (χ3n) is 7.28. The van der Waals surface area contributed by atoms with Crippen molar-refractivity contribution in [3.05, 3.63) is 77.5 Å². The molecule has 18 heteroatoms. The SMILES string of the molecule is COCCOCCOCCOCC(=O)Nc1cc(C[C@H](NS(=O)(=O)c2cccc(C(F)(F)F)c2)C(=O)O)ccc1OCCCCNc1cc(C)ccn1. The number of carbonyl (C=O) groups is 2. The average Bonchev–Trinajstić information content (AvgIpc) is 3.10. The topological polar surface area (TPSA) is 184 Å². The van der Waals surface area contributed by atoms with Gasteiger partial charge in [-0.1, -0.05) is 12.1 Å². The maximum atomic E-state index is 13.2. The first-order chi connectivity index (χ1) is 25.3. The fourth-order valence-electron chi connectivity index (χ4n) is 4.63. The van der Waals surface area contributed by atoms with Crippen LogP contribution < -0.4 is 20.1 Å². The number of nitrogens with zero attached hydrogens (tertiary/aromatic N) is 1. The summed E-state index contributed by atoms with van der Waals surface area (Å²) in [5.41, 5.74) is 0.323. The molecule has 0 radical (unpaired) electrons. The number of sulfonamides is 1. The van der Waals surface area contributed by atoms with Gasteiger partial charge in [0.1, 0.15) is 24.2 Å². The molecule has 1 atom stereocenters. The van der Waals surface area contributed by atoms with Gasteiger partial charge in [0.25, 0.3) is 0 Å². The molecular formula is C35H45F3N4O10S. The van der Waals surface area contributed by atoms with Crippen molar-refractivity contribution in [1.29, 1.82) is 0 Å². The van der Waals surface area contributed by atoms with Gasteiger partial charge in [0.15, 0.2) is 0 Å². The summed E-state index contributed by atoms with van der Waals surface area (Å²) in [6, 6.07) is 9.45. The molecule has 0 unspecified atom stereocenters. The number of alkyl halides is 3. The minimum absolute atomic E-state index is 0.118. The maximum Gasteiger partial charge on any atom is 0.416 e. The van der Waals surface area contributed by atoms with Gasteiger partial charge in [-0.05, 0) is 79.8 Å². The van der Waals surface area contributed by atoms with Crippen LogP contribution in [0.25, 0.3) is 0 Å². The number of aliphatic carboxylic acids is 1. The summed E-state index contributed by atoms with van der Waals surface area (Å²) >= 11 is 0.